The van der Waals surface area contributed by atoms with Gasteiger partial charge in [-0.3, -0.25) is 0 Å². The molecule has 1 aliphatic rings. The Hall–Kier alpha value is -0.160. The van der Waals surface area contributed by atoms with Crippen LogP contribution in [0, 0.1) is 0 Å². The lowest BCUT2D eigenvalue weighted by Gasteiger charge is -2.37. The Morgan fingerprint density at radius 3 is 2.06 bits per heavy atom. The molecule has 1 unspecified atom stereocenters. The van der Waals surface area contributed by atoms with Crippen molar-refractivity contribution in [3.8, 4) is 0 Å². The number of ether oxygens (including phenoxy) is 1. The third kappa shape index (κ3) is 3.19. The fourth-order valence-corrected chi connectivity index (χ4v) is 2.62. The maximum Gasteiger partial charge on any atom is 0.0787 e. The van der Waals surface area contributed by atoms with Crippen molar-refractivity contribution in [3.63, 3.8) is 0 Å². The molecule has 1 saturated heterocycles. The van der Waals surface area contributed by atoms with Crippen molar-refractivity contribution in [2.75, 3.05) is 13.2 Å². The average Bonchev–Trinajstić information content (AvgIpc) is 2.43. The Balaban J connectivity index is 2.80. The summed E-state index contributed by atoms with van der Waals surface area (Å²) in [6.45, 7) is 10.1. The number of aliphatic hydroxyl groups is 2. The molecular weight excluding hydrogens is 218 g/mol. The summed E-state index contributed by atoms with van der Waals surface area (Å²) in [6.07, 6.45) is 1.56. The molecule has 0 bridgehead atoms. The summed E-state index contributed by atoms with van der Waals surface area (Å²) in [4.78, 5) is 0. The van der Waals surface area contributed by atoms with Gasteiger partial charge in [0.25, 0.3) is 0 Å². The highest BCUT2D eigenvalue weighted by atomic mass is 16.5. The van der Waals surface area contributed by atoms with Gasteiger partial charge in [0.2, 0.25) is 0 Å². The first kappa shape index (κ1) is 14.9. The molecule has 0 amide bonds. The molecule has 0 saturated carbocycles. The molecule has 0 spiro atoms. The molecular formula is C13H27NO3. The van der Waals surface area contributed by atoms with Crippen LogP contribution in [0.2, 0.25) is 0 Å². The zero-order valence-electron chi connectivity index (χ0n) is 11.7. The van der Waals surface area contributed by atoms with E-state index in [1.165, 1.54) is 0 Å². The molecule has 1 rings (SSSR count). The van der Waals surface area contributed by atoms with E-state index in [1.807, 2.05) is 6.92 Å². The Labute approximate surface area is 104 Å². The first-order valence-electron chi connectivity index (χ1n) is 6.40. The van der Waals surface area contributed by atoms with Crippen LogP contribution in [0.5, 0.6) is 0 Å². The van der Waals surface area contributed by atoms with Crippen molar-refractivity contribution in [2.24, 2.45) is 0 Å². The van der Waals surface area contributed by atoms with Crippen LogP contribution in [0.1, 0.15) is 47.5 Å². The highest BCUT2D eigenvalue weighted by Crippen LogP contribution is 2.38. The molecule has 17 heavy (non-hydrogen) atoms. The molecule has 1 fully saturated rings. The Kier molecular flexibility index (Phi) is 4.24. The molecule has 4 nitrogen and oxygen atoms in total. The SMILES string of the molecule is CCC(CO)(CO)NC1CC(C)(C)OC1(C)C. The highest BCUT2D eigenvalue weighted by molar-refractivity contribution is 5.03. The minimum Gasteiger partial charge on any atom is -0.394 e. The number of hydrogen-bond acceptors (Lipinski definition) is 4. The normalized spacial score (nSPS) is 27.4. The summed E-state index contributed by atoms with van der Waals surface area (Å²) in [6, 6.07) is 0.136. The monoisotopic (exact) mass is 245 g/mol. The molecule has 1 atom stereocenters. The van der Waals surface area contributed by atoms with Gasteiger partial charge in [0, 0.05) is 6.04 Å². The maximum absolute atomic E-state index is 9.47. The van der Waals surface area contributed by atoms with E-state index in [1.54, 1.807) is 0 Å². The molecule has 0 radical (unpaired) electrons. The number of aliphatic hydroxyl groups excluding tert-OH is 2. The Morgan fingerprint density at radius 1 is 1.24 bits per heavy atom. The van der Waals surface area contributed by atoms with E-state index in [0.717, 1.165) is 6.42 Å². The van der Waals surface area contributed by atoms with Gasteiger partial charge >= 0.3 is 0 Å². The second-order valence-corrected chi connectivity index (χ2v) is 6.32. The summed E-state index contributed by atoms with van der Waals surface area (Å²) in [5, 5.41) is 22.3. The van der Waals surface area contributed by atoms with Gasteiger partial charge in [-0.1, -0.05) is 6.92 Å². The molecule has 3 N–H and O–H groups in total. The van der Waals surface area contributed by atoms with Crippen LogP contribution in [0.25, 0.3) is 0 Å². The zero-order chi connectivity index (χ0) is 13.3. The lowest BCUT2D eigenvalue weighted by atomic mass is 9.89. The molecule has 0 aromatic heterocycles. The van der Waals surface area contributed by atoms with E-state index in [4.69, 9.17) is 4.74 Å². The lowest BCUT2D eigenvalue weighted by molar-refractivity contribution is -0.0736. The van der Waals surface area contributed by atoms with Crippen LogP contribution in [-0.2, 0) is 4.74 Å². The van der Waals surface area contributed by atoms with E-state index < -0.39 is 5.54 Å². The molecule has 0 aromatic rings. The van der Waals surface area contributed by atoms with Gasteiger partial charge in [-0.2, -0.15) is 0 Å². The van der Waals surface area contributed by atoms with Gasteiger partial charge < -0.3 is 20.3 Å². The molecule has 102 valence electrons. The maximum atomic E-state index is 9.47. The van der Waals surface area contributed by atoms with Crippen molar-refractivity contribution in [1.82, 2.24) is 5.32 Å². The van der Waals surface area contributed by atoms with Crippen molar-refractivity contribution < 1.29 is 14.9 Å². The second-order valence-electron chi connectivity index (χ2n) is 6.32. The van der Waals surface area contributed by atoms with Crippen LogP contribution >= 0.6 is 0 Å². The van der Waals surface area contributed by atoms with Gasteiger partial charge in [0.05, 0.1) is 30.0 Å². The predicted octanol–water partition coefficient (Wildman–Crippen LogP) is 1.06. The van der Waals surface area contributed by atoms with Gasteiger partial charge in [0.1, 0.15) is 0 Å². The van der Waals surface area contributed by atoms with Crippen molar-refractivity contribution in [1.29, 1.82) is 0 Å². The summed E-state index contributed by atoms with van der Waals surface area (Å²) in [7, 11) is 0. The van der Waals surface area contributed by atoms with E-state index in [2.05, 4.69) is 33.0 Å². The van der Waals surface area contributed by atoms with E-state index >= 15 is 0 Å². The second kappa shape index (κ2) is 4.84. The number of rotatable bonds is 5. The lowest BCUT2D eigenvalue weighted by Crippen LogP contribution is -2.59. The largest absolute Gasteiger partial charge is 0.394 e. The summed E-state index contributed by atoms with van der Waals surface area (Å²) >= 11 is 0. The fourth-order valence-electron chi connectivity index (χ4n) is 2.62. The van der Waals surface area contributed by atoms with E-state index in [0.29, 0.717) is 6.42 Å². The fraction of sp³-hybridized carbons (Fsp3) is 1.00. The third-order valence-electron chi connectivity index (χ3n) is 3.84. The molecule has 1 heterocycles. The van der Waals surface area contributed by atoms with Crippen LogP contribution in [0.4, 0.5) is 0 Å². The highest BCUT2D eigenvalue weighted by Gasteiger charge is 2.48. The minimum absolute atomic E-state index is 0.0625. The van der Waals surface area contributed by atoms with Crippen molar-refractivity contribution in [3.05, 3.63) is 0 Å². The van der Waals surface area contributed by atoms with Crippen LogP contribution < -0.4 is 5.32 Å². The summed E-state index contributed by atoms with van der Waals surface area (Å²) in [5.41, 5.74) is -1.05. The van der Waals surface area contributed by atoms with Gasteiger partial charge in [-0.05, 0) is 40.5 Å². The topological polar surface area (TPSA) is 61.7 Å². The number of nitrogens with one attached hydrogen (secondary N) is 1. The first-order chi connectivity index (χ1) is 7.70. The predicted molar refractivity (Wildman–Crippen MR) is 68.0 cm³/mol. The third-order valence-corrected chi connectivity index (χ3v) is 3.84. The van der Waals surface area contributed by atoms with E-state index in [9.17, 15) is 10.2 Å². The standard InChI is InChI=1S/C13H27NO3/c1-6-13(8-15,9-16)14-10-7-11(2,3)17-12(10,4)5/h10,14-16H,6-9H2,1-5H3. The van der Waals surface area contributed by atoms with Crippen molar-refractivity contribution in [2.45, 2.75) is 70.2 Å². The molecule has 0 aliphatic carbocycles. The van der Waals surface area contributed by atoms with Gasteiger partial charge in [0.15, 0.2) is 0 Å². The van der Waals surface area contributed by atoms with E-state index in [-0.39, 0.29) is 30.5 Å². The molecule has 1 aliphatic heterocycles. The zero-order valence-corrected chi connectivity index (χ0v) is 11.7. The minimum atomic E-state index is -0.605. The molecule has 4 heteroatoms. The summed E-state index contributed by atoms with van der Waals surface area (Å²) in [5.74, 6) is 0. The van der Waals surface area contributed by atoms with Gasteiger partial charge in [-0.25, -0.2) is 0 Å². The van der Waals surface area contributed by atoms with Crippen LogP contribution in [0.15, 0.2) is 0 Å². The smallest absolute Gasteiger partial charge is 0.0787 e. The van der Waals surface area contributed by atoms with Gasteiger partial charge in [-0.15, -0.1) is 0 Å². The Bertz CT molecular complexity index is 251. The van der Waals surface area contributed by atoms with Crippen LogP contribution in [-0.4, -0.2) is 46.2 Å². The van der Waals surface area contributed by atoms with Crippen molar-refractivity contribution >= 4 is 0 Å². The number of hydrogen-bond donors (Lipinski definition) is 3. The molecule has 0 aromatic carbocycles. The average molecular weight is 245 g/mol. The first-order valence-corrected chi connectivity index (χ1v) is 6.40. The quantitative estimate of drug-likeness (QED) is 0.677. The summed E-state index contributed by atoms with van der Waals surface area (Å²) < 4.78 is 6.00. The Morgan fingerprint density at radius 2 is 1.76 bits per heavy atom. The van der Waals surface area contributed by atoms with Crippen LogP contribution in [0.3, 0.4) is 0 Å².